The molecule has 1 amide bonds. The van der Waals surface area contributed by atoms with Crippen LogP contribution in [-0.2, 0) is 4.74 Å². The predicted molar refractivity (Wildman–Crippen MR) is 93.6 cm³/mol. The summed E-state index contributed by atoms with van der Waals surface area (Å²) in [4.78, 5) is 23.3. The van der Waals surface area contributed by atoms with Crippen LogP contribution in [0.1, 0.15) is 32.8 Å². The van der Waals surface area contributed by atoms with Gasteiger partial charge < -0.3 is 14.5 Å². The first-order valence-electron chi connectivity index (χ1n) is 7.80. The third-order valence-electron chi connectivity index (χ3n) is 3.66. The molecule has 0 aromatic heterocycles. The molecular formula is C17H20ClN3O3. The van der Waals surface area contributed by atoms with E-state index in [2.05, 4.69) is 10.5 Å². The fourth-order valence-corrected chi connectivity index (χ4v) is 2.67. The van der Waals surface area contributed by atoms with Crippen molar-refractivity contribution >= 4 is 34.2 Å². The van der Waals surface area contributed by atoms with Gasteiger partial charge in [0.2, 0.25) is 5.29 Å². The number of hydrogen-bond acceptors (Lipinski definition) is 5. The van der Waals surface area contributed by atoms with Crippen LogP contribution in [0.4, 0.5) is 10.5 Å². The SMILES string of the molecule is CC(C)(C)OC(=O)N1CC=C(c2ccc3c(c2)ONC(Cl)=N3)CC1. The number of halogens is 1. The molecule has 0 unspecified atom stereocenters. The van der Waals surface area contributed by atoms with Crippen LogP contribution in [0, 0.1) is 0 Å². The van der Waals surface area contributed by atoms with E-state index in [4.69, 9.17) is 21.2 Å². The Morgan fingerprint density at radius 2 is 2.21 bits per heavy atom. The van der Waals surface area contributed by atoms with Crippen LogP contribution in [0.3, 0.4) is 0 Å². The van der Waals surface area contributed by atoms with E-state index in [0.29, 0.717) is 24.5 Å². The van der Waals surface area contributed by atoms with Crippen LogP contribution >= 0.6 is 11.6 Å². The summed E-state index contributed by atoms with van der Waals surface area (Å²) in [6.45, 7) is 6.76. The van der Waals surface area contributed by atoms with Gasteiger partial charge in [-0.2, -0.15) is 5.48 Å². The molecule has 6 nitrogen and oxygen atoms in total. The average molecular weight is 350 g/mol. The molecule has 2 heterocycles. The number of amides is 1. The fraction of sp³-hybridized carbons (Fsp3) is 0.412. The van der Waals surface area contributed by atoms with Gasteiger partial charge in [0.05, 0.1) is 0 Å². The van der Waals surface area contributed by atoms with Crippen LogP contribution in [0.25, 0.3) is 5.57 Å². The number of carbonyl (C=O) groups excluding carboxylic acids is 1. The zero-order valence-corrected chi connectivity index (χ0v) is 14.7. The quantitative estimate of drug-likeness (QED) is 0.782. The highest BCUT2D eigenvalue weighted by Crippen LogP contribution is 2.34. The van der Waals surface area contributed by atoms with Crippen LogP contribution in [0.2, 0.25) is 0 Å². The second kappa shape index (κ2) is 6.36. The van der Waals surface area contributed by atoms with Gasteiger partial charge in [-0.1, -0.05) is 12.1 Å². The number of amidine groups is 1. The number of hydroxylamine groups is 1. The maximum Gasteiger partial charge on any atom is 0.410 e. The highest BCUT2D eigenvalue weighted by atomic mass is 35.5. The molecule has 3 rings (SSSR count). The van der Waals surface area contributed by atoms with Gasteiger partial charge in [-0.15, -0.1) is 0 Å². The number of nitrogens with zero attached hydrogens (tertiary/aromatic N) is 2. The summed E-state index contributed by atoms with van der Waals surface area (Å²) >= 11 is 5.78. The van der Waals surface area contributed by atoms with Gasteiger partial charge in [-0.3, -0.25) is 0 Å². The molecule has 24 heavy (non-hydrogen) atoms. The minimum Gasteiger partial charge on any atom is -0.444 e. The number of aliphatic imine (C=N–C) groups is 1. The molecule has 7 heteroatoms. The molecule has 0 atom stereocenters. The summed E-state index contributed by atoms with van der Waals surface area (Å²) in [7, 11) is 0. The predicted octanol–water partition coefficient (Wildman–Crippen LogP) is 3.83. The van der Waals surface area contributed by atoms with Crippen molar-refractivity contribution in [2.45, 2.75) is 32.8 Å². The third kappa shape index (κ3) is 3.82. The number of rotatable bonds is 1. The second-order valence-electron chi connectivity index (χ2n) is 6.69. The molecule has 0 aliphatic carbocycles. The first-order chi connectivity index (χ1) is 11.3. The summed E-state index contributed by atoms with van der Waals surface area (Å²) in [5.74, 6) is 0.632. The molecule has 1 N–H and O–H groups in total. The Bertz CT molecular complexity index is 722. The number of nitrogens with one attached hydrogen (secondary N) is 1. The average Bonchev–Trinajstić information content (AvgIpc) is 2.53. The van der Waals surface area contributed by atoms with Crippen molar-refractivity contribution in [2.24, 2.45) is 4.99 Å². The lowest BCUT2D eigenvalue weighted by Crippen LogP contribution is -2.39. The Labute approximate surface area is 146 Å². The van der Waals surface area contributed by atoms with Gasteiger partial charge in [-0.05, 0) is 62.1 Å². The molecule has 128 valence electrons. The Hall–Kier alpha value is -2.21. The molecule has 2 aliphatic heterocycles. The molecule has 1 aromatic carbocycles. The molecule has 0 saturated heterocycles. The van der Waals surface area contributed by atoms with Crippen molar-refractivity contribution < 1.29 is 14.4 Å². The Kier molecular flexibility index (Phi) is 4.41. The van der Waals surface area contributed by atoms with E-state index in [9.17, 15) is 4.79 Å². The van der Waals surface area contributed by atoms with Crippen molar-refractivity contribution in [3.05, 3.63) is 29.8 Å². The first kappa shape index (κ1) is 16.6. The van der Waals surface area contributed by atoms with Crippen LogP contribution in [-0.4, -0.2) is 35.0 Å². The summed E-state index contributed by atoms with van der Waals surface area (Å²) in [6, 6.07) is 5.77. The molecule has 0 fully saturated rings. The lowest BCUT2D eigenvalue weighted by Gasteiger charge is -2.29. The van der Waals surface area contributed by atoms with Gasteiger partial charge >= 0.3 is 6.09 Å². The zero-order chi connectivity index (χ0) is 17.3. The van der Waals surface area contributed by atoms with E-state index < -0.39 is 5.60 Å². The zero-order valence-electron chi connectivity index (χ0n) is 13.9. The van der Waals surface area contributed by atoms with Crippen molar-refractivity contribution in [3.8, 4) is 5.75 Å². The van der Waals surface area contributed by atoms with E-state index in [0.717, 1.165) is 12.0 Å². The highest BCUT2D eigenvalue weighted by molar-refractivity contribution is 6.64. The van der Waals surface area contributed by atoms with Gasteiger partial charge in [0.15, 0.2) is 5.75 Å². The second-order valence-corrected chi connectivity index (χ2v) is 7.05. The summed E-state index contributed by atoms with van der Waals surface area (Å²) < 4.78 is 5.40. The maximum atomic E-state index is 12.1. The number of benzene rings is 1. The summed E-state index contributed by atoms with van der Waals surface area (Å²) in [5.41, 5.74) is 4.96. The normalized spacial score (nSPS) is 17.1. The first-order valence-corrected chi connectivity index (χ1v) is 8.18. The minimum atomic E-state index is -0.480. The molecule has 0 spiro atoms. The van der Waals surface area contributed by atoms with Crippen molar-refractivity contribution in [2.75, 3.05) is 13.1 Å². The third-order valence-corrected chi connectivity index (χ3v) is 3.82. The van der Waals surface area contributed by atoms with E-state index in [-0.39, 0.29) is 11.4 Å². The van der Waals surface area contributed by atoms with Crippen molar-refractivity contribution in [3.63, 3.8) is 0 Å². The monoisotopic (exact) mass is 349 g/mol. The summed E-state index contributed by atoms with van der Waals surface area (Å²) in [6.07, 6.45) is 2.52. The molecule has 0 bridgehead atoms. The Balaban J connectivity index is 1.71. The van der Waals surface area contributed by atoms with Crippen LogP contribution in [0.15, 0.2) is 29.3 Å². The molecule has 0 saturated carbocycles. The van der Waals surface area contributed by atoms with Crippen molar-refractivity contribution in [1.29, 1.82) is 0 Å². The van der Waals surface area contributed by atoms with E-state index in [1.165, 1.54) is 5.57 Å². The molecule has 1 aromatic rings. The van der Waals surface area contributed by atoms with Crippen LogP contribution < -0.4 is 10.3 Å². The van der Waals surface area contributed by atoms with Gasteiger partial charge in [-0.25, -0.2) is 9.79 Å². The smallest absolute Gasteiger partial charge is 0.410 e. The Morgan fingerprint density at radius 1 is 1.42 bits per heavy atom. The van der Waals surface area contributed by atoms with E-state index >= 15 is 0 Å². The van der Waals surface area contributed by atoms with Gasteiger partial charge in [0, 0.05) is 13.1 Å². The van der Waals surface area contributed by atoms with E-state index in [1.807, 2.05) is 45.0 Å². The summed E-state index contributed by atoms with van der Waals surface area (Å²) in [5, 5.41) is 0.208. The standard InChI is InChI=1S/C17H20ClN3O3/c1-17(2,3)23-16(22)21-8-6-11(7-9-21)12-4-5-13-14(10-12)24-20-15(18)19-13/h4-6,10H,7-9H2,1-3H3,(H,19,20). The van der Waals surface area contributed by atoms with E-state index in [1.54, 1.807) is 4.90 Å². The van der Waals surface area contributed by atoms with Gasteiger partial charge in [0.1, 0.15) is 11.3 Å². The lowest BCUT2D eigenvalue weighted by atomic mass is 9.99. The molecule has 0 radical (unpaired) electrons. The largest absolute Gasteiger partial charge is 0.444 e. The number of hydrogen-bond donors (Lipinski definition) is 1. The lowest BCUT2D eigenvalue weighted by molar-refractivity contribution is 0.0270. The van der Waals surface area contributed by atoms with Gasteiger partial charge in [0.25, 0.3) is 0 Å². The molecule has 2 aliphatic rings. The number of carbonyl (C=O) groups is 1. The fourth-order valence-electron chi connectivity index (χ4n) is 2.54. The highest BCUT2D eigenvalue weighted by Gasteiger charge is 2.24. The minimum absolute atomic E-state index is 0.208. The Morgan fingerprint density at radius 3 is 2.88 bits per heavy atom. The van der Waals surface area contributed by atoms with Crippen LogP contribution in [0.5, 0.6) is 5.75 Å². The number of fused-ring (bicyclic) bond motifs is 1. The molecular weight excluding hydrogens is 330 g/mol. The topological polar surface area (TPSA) is 63.2 Å². The maximum absolute atomic E-state index is 12.1. The van der Waals surface area contributed by atoms with Crippen molar-refractivity contribution in [1.82, 2.24) is 10.4 Å². The number of ether oxygens (including phenoxy) is 1.